The molecule has 0 spiro atoms. The zero-order valence-corrected chi connectivity index (χ0v) is 8.65. The highest BCUT2D eigenvalue weighted by molar-refractivity contribution is 8.46. The number of hydrogen-bond donors (Lipinski definition) is 0. The first-order valence-electron chi connectivity index (χ1n) is 3.33. The highest BCUT2D eigenvalue weighted by Crippen LogP contribution is 2.24. The highest BCUT2D eigenvalue weighted by atomic mass is 32.2. The molecule has 0 saturated carbocycles. The van der Waals surface area contributed by atoms with E-state index in [2.05, 4.69) is 6.92 Å². The average molecular weight is 207 g/mol. The third-order valence-electron chi connectivity index (χ3n) is 1.17. The van der Waals surface area contributed by atoms with Gasteiger partial charge in [-0.2, -0.15) is 0 Å². The van der Waals surface area contributed by atoms with Gasteiger partial charge in [0, 0.05) is 0 Å². The predicted octanol–water partition coefficient (Wildman–Crippen LogP) is 1.56. The summed E-state index contributed by atoms with van der Waals surface area (Å²) in [6.45, 7) is 3.20. The molecule has 0 N–H and O–H groups in total. The van der Waals surface area contributed by atoms with Crippen molar-refractivity contribution in [3.8, 4) is 0 Å². The Morgan fingerprint density at radius 2 is 2.36 bits per heavy atom. The summed E-state index contributed by atoms with van der Waals surface area (Å²) in [6, 6.07) is 0. The van der Waals surface area contributed by atoms with Crippen LogP contribution in [0.15, 0.2) is 0 Å². The predicted molar refractivity (Wildman–Crippen MR) is 54.9 cm³/mol. The monoisotopic (exact) mass is 207 g/mol. The number of nitrogens with zero attached hydrogens (tertiary/aromatic N) is 1. The van der Waals surface area contributed by atoms with E-state index in [4.69, 9.17) is 12.2 Å². The molecule has 11 heavy (non-hydrogen) atoms. The molecule has 0 bridgehead atoms. The normalized spacial score (nSPS) is 18.1. The molecular formula is C6H9NOS3. The summed E-state index contributed by atoms with van der Waals surface area (Å²) in [5.74, 6) is 1.31. The molecular weight excluding hydrogens is 198 g/mol. The molecule has 0 aromatic heterocycles. The third-order valence-corrected chi connectivity index (χ3v) is 3.52. The minimum atomic E-state index is 0.307. The molecule has 62 valence electrons. The van der Waals surface area contributed by atoms with Crippen LogP contribution in [0.3, 0.4) is 0 Å². The van der Waals surface area contributed by atoms with E-state index in [9.17, 15) is 4.79 Å². The lowest BCUT2D eigenvalue weighted by atomic mass is 10.3. The number of carbonyl (C=O) groups excluding carboxylic acids is 1. The molecule has 0 aliphatic carbocycles. The molecule has 1 rings (SSSR count). The van der Waals surface area contributed by atoms with Gasteiger partial charge in [-0.05, 0) is 17.7 Å². The van der Waals surface area contributed by atoms with Crippen LogP contribution in [0.1, 0.15) is 6.92 Å². The maximum atomic E-state index is 10.5. The molecule has 0 aromatic rings. The van der Waals surface area contributed by atoms with E-state index in [-0.39, 0.29) is 0 Å². The second-order valence-corrected chi connectivity index (χ2v) is 5.68. The molecule has 5 heteroatoms. The van der Waals surface area contributed by atoms with Crippen LogP contribution in [0.4, 0.5) is 0 Å². The van der Waals surface area contributed by atoms with Crippen molar-refractivity contribution in [2.75, 3.05) is 18.8 Å². The molecule has 2 nitrogen and oxygen atoms in total. The maximum Gasteiger partial charge on any atom is 0.162 e. The first-order valence-corrected chi connectivity index (χ1v) is 5.50. The second-order valence-electron chi connectivity index (χ2n) is 2.11. The van der Waals surface area contributed by atoms with Crippen LogP contribution in [0, 0.1) is 0 Å². The summed E-state index contributed by atoms with van der Waals surface area (Å²) in [4.78, 5) is 10.5. The van der Waals surface area contributed by atoms with Gasteiger partial charge in [0.05, 0.1) is 13.1 Å². The van der Waals surface area contributed by atoms with E-state index in [1.807, 2.05) is 4.31 Å². The Balaban J connectivity index is 2.11. The number of thioether (sulfide) groups is 1. The van der Waals surface area contributed by atoms with Gasteiger partial charge >= 0.3 is 0 Å². The average Bonchev–Trinajstić information content (AvgIpc) is 1.85. The van der Waals surface area contributed by atoms with Crippen molar-refractivity contribution in [2.24, 2.45) is 0 Å². The van der Waals surface area contributed by atoms with E-state index in [1.54, 1.807) is 11.8 Å². The lowest BCUT2D eigenvalue weighted by molar-refractivity contribution is -0.124. The first kappa shape index (κ1) is 9.51. The van der Waals surface area contributed by atoms with Crippen molar-refractivity contribution < 1.29 is 4.79 Å². The standard InChI is InChI=1S/C6H9NOS3/c1-2-10-6(9)11-7-3-5(8)4-7/h2-4H2,1H3. The quantitative estimate of drug-likeness (QED) is 0.504. The van der Waals surface area contributed by atoms with Crippen LogP contribution in [0.25, 0.3) is 0 Å². The summed E-state index contributed by atoms with van der Waals surface area (Å²) in [7, 11) is 0. The maximum absolute atomic E-state index is 10.5. The molecule has 0 unspecified atom stereocenters. The van der Waals surface area contributed by atoms with Crippen LogP contribution >= 0.6 is 35.9 Å². The molecule has 1 saturated heterocycles. The molecule has 1 aliphatic heterocycles. The van der Waals surface area contributed by atoms with Crippen LogP contribution in [-0.4, -0.2) is 32.5 Å². The number of rotatable bonds is 2. The van der Waals surface area contributed by atoms with Crippen molar-refractivity contribution in [3.63, 3.8) is 0 Å². The van der Waals surface area contributed by atoms with Gasteiger partial charge < -0.3 is 0 Å². The molecule has 1 fully saturated rings. The number of ketones is 1. The van der Waals surface area contributed by atoms with Crippen LogP contribution in [0.2, 0.25) is 0 Å². The summed E-state index contributed by atoms with van der Waals surface area (Å²) in [5.41, 5.74) is 0. The number of Topliss-reactive ketones (excluding diaryl/α,β-unsaturated/α-hetero) is 1. The van der Waals surface area contributed by atoms with E-state index in [0.717, 1.165) is 9.28 Å². The molecule has 1 heterocycles. The van der Waals surface area contributed by atoms with Crippen molar-refractivity contribution in [1.29, 1.82) is 0 Å². The van der Waals surface area contributed by atoms with Crippen LogP contribution in [0.5, 0.6) is 0 Å². The van der Waals surface area contributed by atoms with E-state index in [1.165, 1.54) is 11.9 Å². The lowest BCUT2D eigenvalue weighted by Crippen LogP contribution is -2.42. The lowest BCUT2D eigenvalue weighted by Gasteiger charge is -2.27. The first-order chi connectivity index (χ1) is 5.22. The SMILES string of the molecule is CCSC(=S)SN1CC(=O)C1. The minimum Gasteiger partial charge on any atom is -0.297 e. The Hall–Kier alpha value is 0.420. The fourth-order valence-corrected chi connectivity index (χ4v) is 3.08. The molecule has 0 radical (unpaired) electrons. The number of hydrogen-bond acceptors (Lipinski definition) is 5. The largest absolute Gasteiger partial charge is 0.297 e. The van der Waals surface area contributed by atoms with E-state index < -0.39 is 0 Å². The Bertz CT molecular complexity index is 175. The topological polar surface area (TPSA) is 20.3 Å². The summed E-state index contributed by atoms with van der Waals surface area (Å²) >= 11 is 8.21. The van der Waals surface area contributed by atoms with Gasteiger partial charge in [-0.1, -0.05) is 19.1 Å². The van der Waals surface area contributed by atoms with Crippen LogP contribution in [-0.2, 0) is 4.79 Å². The minimum absolute atomic E-state index is 0.307. The van der Waals surface area contributed by atoms with Gasteiger partial charge in [0.25, 0.3) is 0 Å². The number of carbonyl (C=O) groups is 1. The third kappa shape index (κ3) is 3.11. The smallest absolute Gasteiger partial charge is 0.162 e. The summed E-state index contributed by atoms with van der Waals surface area (Å²) in [6.07, 6.45) is 0. The Kier molecular flexibility index (Phi) is 3.84. The van der Waals surface area contributed by atoms with E-state index >= 15 is 0 Å². The second kappa shape index (κ2) is 4.45. The van der Waals surface area contributed by atoms with Gasteiger partial charge in [-0.15, -0.1) is 11.8 Å². The van der Waals surface area contributed by atoms with Gasteiger partial charge in [0.1, 0.15) is 3.53 Å². The zero-order valence-electron chi connectivity index (χ0n) is 6.20. The molecule has 1 aliphatic rings. The fraction of sp³-hybridized carbons (Fsp3) is 0.667. The van der Waals surface area contributed by atoms with Gasteiger partial charge in [-0.3, -0.25) is 4.79 Å². The van der Waals surface area contributed by atoms with Crippen molar-refractivity contribution in [3.05, 3.63) is 0 Å². The van der Waals surface area contributed by atoms with Gasteiger partial charge in [0.15, 0.2) is 5.78 Å². The Morgan fingerprint density at radius 1 is 1.73 bits per heavy atom. The summed E-state index contributed by atoms with van der Waals surface area (Å²) in [5, 5.41) is 0. The number of thiocarbonyl (C=S) groups is 1. The van der Waals surface area contributed by atoms with Gasteiger partial charge in [-0.25, -0.2) is 4.31 Å². The van der Waals surface area contributed by atoms with Crippen molar-refractivity contribution >= 4 is 45.2 Å². The molecule has 0 amide bonds. The Morgan fingerprint density at radius 3 is 2.82 bits per heavy atom. The van der Waals surface area contributed by atoms with Crippen molar-refractivity contribution in [2.45, 2.75) is 6.92 Å². The highest BCUT2D eigenvalue weighted by Gasteiger charge is 2.24. The summed E-state index contributed by atoms with van der Waals surface area (Å²) < 4.78 is 2.90. The Labute approximate surface area is 80.2 Å². The van der Waals surface area contributed by atoms with E-state index in [0.29, 0.717) is 18.9 Å². The van der Waals surface area contributed by atoms with Gasteiger partial charge in [0.2, 0.25) is 0 Å². The van der Waals surface area contributed by atoms with Crippen molar-refractivity contribution in [1.82, 2.24) is 4.31 Å². The zero-order chi connectivity index (χ0) is 8.27. The van der Waals surface area contributed by atoms with Crippen LogP contribution < -0.4 is 0 Å². The molecule has 0 aromatic carbocycles. The fourth-order valence-electron chi connectivity index (χ4n) is 0.661. The molecule has 0 atom stereocenters.